The van der Waals surface area contributed by atoms with E-state index < -0.39 is 11.6 Å². The predicted octanol–water partition coefficient (Wildman–Crippen LogP) is 7.35. The Kier molecular flexibility index (Phi) is 9.16. The molecule has 1 aromatic rings. The van der Waals surface area contributed by atoms with Gasteiger partial charge < -0.3 is 14.6 Å². The predicted molar refractivity (Wildman–Crippen MR) is 136 cm³/mol. The molecule has 0 fully saturated rings. The molecule has 1 atom stereocenters. The molecule has 0 radical (unpaired) electrons. The SMILES string of the molecule is CC(C)=CCCC(C)=CC=CC(C)=C[C@]1(C)CCc2c(C)c(OCC(=O)O)c(C)c(C)c2O1. The number of hydrogen-bond acceptors (Lipinski definition) is 3. The van der Waals surface area contributed by atoms with E-state index in [1.54, 1.807) is 0 Å². The number of rotatable bonds is 9. The number of aliphatic carboxylic acids is 1. The Labute approximate surface area is 199 Å². The maximum atomic E-state index is 11.0. The van der Waals surface area contributed by atoms with Crippen LogP contribution in [0.2, 0.25) is 0 Å². The third-order valence-corrected chi connectivity index (χ3v) is 6.22. The van der Waals surface area contributed by atoms with Gasteiger partial charge in [0.1, 0.15) is 17.1 Å². The van der Waals surface area contributed by atoms with Gasteiger partial charge in [-0.15, -0.1) is 0 Å². The normalized spacial score (nSPS) is 18.7. The molecule has 0 unspecified atom stereocenters. The van der Waals surface area contributed by atoms with Crippen molar-refractivity contribution < 1.29 is 19.4 Å². The average Bonchev–Trinajstić information content (AvgIpc) is 2.71. The van der Waals surface area contributed by atoms with Crippen LogP contribution in [-0.2, 0) is 11.2 Å². The number of benzene rings is 1. The summed E-state index contributed by atoms with van der Waals surface area (Å²) >= 11 is 0. The van der Waals surface area contributed by atoms with Gasteiger partial charge in [-0.3, -0.25) is 0 Å². The fourth-order valence-corrected chi connectivity index (χ4v) is 4.27. The van der Waals surface area contributed by atoms with Gasteiger partial charge in [0.25, 0.3) is 0 Å². The summed E-state index contributed by atoms with van der Waals surface area (Å²) in [7, 11) is 0. The molecule has 0 spiro atoms. The molecular formula is C29H40O4. The highest BCUT2D eigenvalue weighted by atomic mass is 16.5. The average molecular weight is 453 g/mol. The fraction of sp³-hybridized carbons (Fsp3) is 0.483. The number of carbonyl (C=O) groups is 1. The van der Waals surface area contributed by atoms with Crippen molar-refractivity contribution in [3.05, 3.63) is 69.4 Å². The Bertz CT molecular complexity index is 1000. The van der Waals surface area contributed by atoms with Gasteiger partial charge in [0.15, 0.2) is 6.61 Å². The molecule has 0 saturated heterocycles. The molecule has 4 heteroatoms. The zero-order chi connectivity index (χ0) is 24.8. The quantitative estimate of drug-likeness (QED) is 0.314. The van der Waals surface area contributed by atoms with Crippen molar-refractivity contribution in [3.8, 4) is 11.5 Å². The first kappa shape index (κ1) is 26.5. The lowest BCUT2D eigenvalue weighted by molar-refractivity contribution is -0.139. The fourth-order valence-electron chi connectivity index (χ4n) is 4.27. The smallest absolute Gasteiger partial charge is 0.341 e. The summed E-state index contributed by atoms with van der Waals surface area (Å²) in [5.74, 6) is 0.603. The summed E-state index contributed by atoms with van der Waals surface area (Å²) in [6, 6.07) is 0. The maximum Gasteiger partial charge on any atom is 0.341 e. The van der Waals surface area contributed by atoms with E-state index in [1.807, 2.05) is 20.8 Å². The van der Waals surface area contributed by atoms with E-state index in [2.05, 4.69) is 65.0 Å². The molecule has 0 bridgehead atoms. The van der Waals surface area contributed by atoms with Gasteiger partial charge in [-0.25, -0.2) is 4.79 Å². The summed E-state index contributed by atoms with van der Waals surface area (Å²) in [4.78, 5) is 11.0. The molecule has 1 aromatic carbocycles. The summed E-state index contributed by atoms with van der Waals surface area (Å²) in [5, 5.41) is 9.00. The number of carboxylic acids is 1. The summed E-state index contributed by atoms with van der Waals surface area (Å²) in [6.45, 7) is 16.3. The van der Waals surface area contributed by atoms with Crippen LogP contribution in [0.5, 0.6) is 11.5 Å². The lowest BCUT2D eigenvalue weighted by Gasteiger charge is -2.36. The van der Waals surface area contributed by atoms with Crippen LogP contribution in [0, 0.1) is 20.8 Å². The van der Waals surface area contributed by atoms with Crippen molar-refractivity contribution in [2.75, 3.05) is 6.61 Å². The van der Waals surface area contributed by atoms with Crippen molar-refractivity contribution in [1.29, 1.82) is 0 Å². The molecule has 1 aliphatic rings. The zero-order valence-electron chi connectivity index (χ0n) is 21.6. The van der Waals surface area contributed by atoms with Crippen molar-refractivity contribution in [1.82, 2.24) is 0 Å². The summed E-state index contributed by atoms with van der Waals surface area (Å²) in [5.41, 5.74) is 7.55. The molecule has 0 aromatic heterocycles. The molecule has 0 aliphatic carbocycles. The Morgan fingerprint density at radius 3 is 2.45 bits per heavy atom. The van der Waals surface area contributed by atoms with Gasteiger partial charge in [0.05, 0.1) is 0 Å². The van der Waals surface area contributed by atoms with Crippen LogP contribution in [0.15, 0.2) is 47.1 Å². The Morgan fingerprint density at radius 1 is 1.12 bits per heavy atom. The second-order valence-electron chi connectivity index (χ2n) is 9.69. The van der Waals surface area contributed by atoms with Crippen molar-refractivity contribution >= 4 is 5.97 Å². The molecular weight excluding hydrogens is 412 g/mol. The third kappa shape index (κ3) is 7.38. The number of fused-ring (bicyclic) bond motifs is 1. The van der Waals surface area contributed by atoms with Crippen molar-refractivity contribution in [2.24, 2.45) is 0 Å². The monoisotopic (exact) mass is 452 g/mol. The summed E-state index contributed by atoms with van der Waals surface area (Å²) < 4.78 is 12.2. The molecule has 2 rings (SSSR count). The van der Waals surface area contributed by atoms with E-state index in [4.69, 9.17) is 14.6 Å². The second kappa shape index (κ2) is 11.4. The Balaban J connectivity index is 2.18. The largest absolute Gasteiger partial charge is 0.483 e. The topological polar surface area (TPSA) is 55.8 Å². The van der Waals surface area contributed by atoms with Crippen LogP contribution < -0.4 is 9.47 Å². The highest BCUT2D eigenvalue weighted by Crippen LogP contribution is 2.44. The minimum absolute atomic E-state index is 0.338. The first-order chi connectivity index (χ1) is 15.4. The third-order valence-electron chi connectivity index (χ3n) is 6.22. The molecule has 1 N–H and O–H groups in total. The van der Waals surface area contributed by atoms with E-state index in [0.29, 0.717) is 5.75 Å². The van der Waals surface area contributed by atoms with E-state index in [-0.39, 0.29) is 6.61 Å². The van der Waals surface area contributed by atoms with Crippen LogP contribution in [0.3, 0.4) is 0 Å². The summed E-state index contributed by atoms with van der Waals surface area (Å²) in [6.07, 6.45) is 14.8. The van der Waals surface area contributed by atoms with Gasteiger partial charge in [-0.1, -0.05) is 41.0 Å². The van der Waals surface area contributed by atoms with Crippen molar-refractivity contribution in [3.63, 3.8) is 0 Å². The minimum atomic E-state index is -0.973. The Hall–Kier alpha value is -2.75. The van der Waals surface area contributed by atoms with Gasteiger partial charge in [0, 0.05) is 5.56 Å². The lowest BCUT2D eigenvalue weighted by Crippen LogP contribution is -2.35. The molecule has 4 nitrogen and oxygen atoms in total. The van der Waals surface area contributed by atoms with Crippen LogP contribution in [0.4, 0.5) is 0 Å². The number of allylic oxidation sites excluding steroid dienone is 7. The zero-order valence-corrected chi connectivity index (χ0v) is 21.6. The van der Waals surface area contributed by atoms with Crippen LogP contribution >= 0.6 is 0 Å². The van der Waals surface area contributed by atoms with E-state index in [9.17, 15) is 4.79 Å². The molecule has 1 heterocycles. The number of ether oxygens (including phenoxy) is 2. The highest BCUT2D eigenvalue weighted by Gasteiger charge is 2.33. The lowest BCUT2D eigenvalue weighted by atomic mass is 9.86. The minimum Gasteiger partial charge on any atom is -0.483 e. The molecule has 0 amide bonds. The second-order valence-corrected chi connectivity index (χ2v) is 9.69. The maximum absolute atomic E-state index is 11.0. The standard InChI is InChI=1S/C29H40O4/c1-19(2)11-9-12-20(3)13-10-14-21(4)17-29(8)16-15-25-24(7)27(32-18-26(30)31)22(5)23(6)28(25)33-29/h10-11,13-14,17H,9,12,15-16,18H2,1-8H3,(H,30,31)/t29-/m0/s1. The number of carboxylic acid groups (broad SMARTS) is 1. The van der Waals surface area contributed by atoms with E-state index >= 15 is 0 Å². The van der Waals surface area contributed by atoms with Crippen LogP contribution in [0.1, 0.15) is 76.1 Å². The molecule has 0 saturated carbocycles. The first-order valence-corrected chi connectivity index (χ1v) is 11.8. The van der Waals surface area contributed by atoms with Crippen molar-refractivity contribution in [2.45, 2.75) is 86.7 Å². The highest BCUT2D eigenvalue weighted by molar-refractivity contribution is 5.69. The van der Waals surface area contributed by atoms with Crippen LogP contribution in [-0.4, -0.2) is 23.3 Å². The Morgan fingerprint density at radius 2 is 1.82 bits per heavy atom. The van der Waals surface area contributed by atoms with Crippen LogP contribution in [0.25, 0.3) is 0 Å². The van der Waals surface area contributed by atoms with Gasteiger partial charge in [-0.2, -0.15) is 0 Å². The molecule has 180 valence electrons. The van der Waals surface area contributed by atoms with Gasteiger partial charge in [0.2, 0.25) is 0 Å². The van der Waals surface area contributed by atoms with Gasteiger partial charge in [-0.05, 0) is 104 Å². The van der Waals surface area contributed by atoms with E-state index in [1.165, 1.54) is 16.7 Å². The van der Waals surface area contributed by atoms with E-state index in [0.717, 1.165) is 53.7 Å². The van der Waals surface area contributed by atoms with Gasteiger partial charge >= 0.3 is 5.97 Å². The molecule has 33 heavy (non-hydrogen) atoms. The number of hydrogen-bond donors (Lipinski definition) is 1. The first-order valence-electron chi connectivity index (χ1n) is 11.8. The molecule has 1 aliphatic heterocycles.